The van der Waals surface area contributed by atoms with Gasteiger partial charge in [-0.05, 0) is 38.0 Å². The first-order chi connectivity index (χ1) is 9.47. The summed E-state index contributed by atoms with van der Waals surface area (Å²) in [6.45, 7) is 4.81. The molecule has 5 nitrogen and oxygen atoms in total. The van der Waals surface area contributed by atoms with Crippen LogP contribution in [0.15, 0.2) is 18.2 Å². The summed E-state index contributed by atoms with van der Waals surface area (Å²) in [4.78, 5) is 24.8. The van der Waals surface area contributed by atoms with Gasteiger partial charge in [0.2, 0.25) is 5.91 Å². The summed E-state index contributed by atoms with van der Waals surface area (Å²) in [5.74, 6) is 0.00674. The number of anilines is 2. The number of piperidine rings is 1. The zero-order chi connectivity index (χ0) is 14.7. The summed E-state index contributed by atoms with van der Waals surface area (Å²) >= 11 is 0. The number of hydrogen-bond donors (Lipinski definition) is 2. The number of nitrogens with two attached hydrogens (primary N) is 1. The van der Waals surface area contributed by atoms with E-state index in [4.69, 9.17) is 5.73 Å². The highest BCUT2D eigenvalue weighted by Crippen LogP contribution is 2.24. The van der Waals surface area contributed by atoms with Crippen molar-refractivity contribution >= 4 is 23.1 Å². The van der Waals surface area contributed by atoms with E-state index in [2.05, 4.69) is 10.2 Å². The van der Waals surface area contributed by atoms with Crippen LogP contribution in [0, 0.1) is 0 Å². The second-order valence-electron chi connectivity index (χ2n) is 5.29. The largest absolute Gasteiger partial charge is 0.398 e. The lowest BCUT2D eigenvalue weighted by atomic mass is 10.0. The van der Waals surface area contributed by atoms with Gasteiger partial charge in [0.05, 0.1) is 0 Å². The monoisotopic (exact) mass is 275 g/mol. The summed E-state index contributed by atoms with van der Waals surface area (Å²) < 4.78 is 0. The molecule has 1 amide bonds. The third-order valence-electron chi connectivity index (χ3n) is 3.68. The fraction of sp³-hybridized carbons (Fsp3) is 0.467. The molecule has 0 aromatic heterocycles. The highest BCUT2D eigenvalue weighted by Gasteiger charge is 2.20. The smallest absolute Gasteiger partial charge is 0.217 e. The van der Waals surface area contributed by atoms with Crippen LogP contribution in [0.3, 0.4) is 0 Å². The van der Waals surface area contributed by atoms with Crippen LogP contribution in [0.1, 0.15) is 37.0 Å². The van der Waals surface area contributed by atoms with Crippen LogP contribution < -0.4 is 16.0 Å². The van der Waals surface area contributed by atoms with Crippen molar-refractivity contribution < 1.29 is 9.59 Å². The molecule has 0 aliphatic carbocycles. The number of nitrogens with zero attached hydrogens (tertiary/aromatic N) is 1. The van der Waals surface area contributed by atoms with Crippen LogP contribution in [-0.4, -0.2) is 30.8 Å². The molecule has 2 rings (SSSR count). The third-order valence-corrected chi connectivity index (χ3v) is 3.68. The molecule has 108 valence electrons. The minimum atomic E-state index is -0.0162. The maximum atomic E-state index is 11.5. The Morgan fingerprint density at radius 1 is 1.25 bits per heavy atom. The van der Waals surface area contributed by atoms with E-state index in [1.807, 2.05) is 12.1 Å². The molecule has 1 aliphatic heterocycles. The van der Waals surface area contributed by atoms with Gasteiger partial charge in [0.15, 0.2) is 5.78 Å². The molecule has 3 N–H and O–H groups in total. The number of carbonyl (C=O) groups is 2. The van der Waals surface area contributed by atoms with E-state index in [9.17, 15) is 9.59 Å². The molecule has 1 heterocycles. The Hall–Kier alpha value is -2.04. The van der Waals surface area contributed by atoms with E-state index >= 15 is 0 Å². The van der Waals surface area contributed by atoms with E-state index < -0.39 is 0 Å². The van der Waals surface area contributed by atoms with Crippen LogP contribution in [0.2, 0.25) is 0 Å². The Labute approximate surface area is 119 Å². The van der Waals surface area contributed by atoms with Gasteiger partial charge in [0, 0.05) is 43.0 Å². The van der Waals surface area contributed by atoms with Gasteiger partial charge in [-0.2, -0.15) is 0 Å². The van der Waals surface area contributed by atoms with Crippen molar-refractivity contribution in [3.05, 3.63) is 23.8 Å². The zero-order valence-corrected chi connectivity index (χ0v) is 12.0. The number of amides is 1. The van der Waals surface area contributed by atoms with Gasteiger partial charge < -0.3 is 16.0 Å². The molecule has 0 saturated carbocycles. The maximum Gasteiger partial charge on any atom is 0.217 e. The van der Waals surface area contributed by atoms with Crippen molar-refractivity contribution in [3.63, 3.8) is 0 Å². The molecule has 5 heteroatoms. The number of nitrogen functional groups attached to an aromatic ring is 1. The van der Waals surface area contributed by atoms with Gasteiger partial charge in [0.25, 0.3) is 0 Å². The molecule has 1 aromatic rings. The lowest BCUT2D eigenvalue weighted by Gasteiger charge is -2.34. The second-order valence-corrected chi connectivity index (χ2v) is 5.29. The lowest BCUT2D eigenvalue weighted by Crippen LogP contribution is -2.44. The van der Waals surface area contributed by atoms with Crippen molar-refractivity contribution in [2.24, 2.45) is 0 Å². The maximum absolute atomic E-state index is 11.5. The third kappa shape index (κ3) is 3.29. The number of nitrogens with one attached hydrogen (secondary N) is 1. The summed E-state index contributed by atoms with van der Waals surface area (Å²) in [5, 5.41) is 2.95. The van der Waals surface area contributed by atoms with E-state index in [1.165, 1.54) is 6.92 Å². The molecule has 1 fully saturated rings. The number of carbonyl (C=O) groups excluding carboxylic acids is 2. The minimum absolute atomic E-state index is 0.0162. The van der Waals surface area contributed by atoms with E-state index in [1.54, 1.807) is 13.0 Å². The minimum Gasteiger partial charge on any atom is -0.398 e. The van der Waals surface area contributed by atoms with E-state index in [-0.39, 0.29) is 17.7 Å². The highest BCUT2D eigenvalue weighted by atomic mass is 16.1. The topological polar surface area (TPSA) is 75.4 Å². The second kappa shape index (κ2) is 5.94. The molecule has 0 unspecified atom stereocenters. The normalized spacial score (nSPS) is 16.0. The molecular formula is C15H21N3O2. The van der Waals surface area contributed by atoms with Crippen LogP contribution in [0.4, 0.5) is 11.4 Å². The van der Waals surface area contributed by atoms with Crippen LogP contribution in [0.25, 0.3) is 0 Å². The van der Waals surface area contributed by atoms with Crippen molar-refractivity contribution in [2.45, 2.75) is 32.7 Å². The summed E-state index contributed by atoms with van der Waals surface area (Å²) in [7, 11) is 0. The first-order valence-electron chi connectivity index (χ1n) is 6.90. The Bertz CT molecular complexity index is 520. The molecule has 20 heavy (non-hydrogen) atoms. The van der Waals surface area contributed by atoms with E-state index in [0.717, 1.165) is 31.6 Å². The molecule has 1 aliphatic rings. The molecule has 1 aromatic carbocycles. The zero-order valence-electron chi connectivity index (χ0n) is 12.0. The van der Waals surface area contributed by atoms with Crippen molar-refractivity contribution in [3.8, 4) is 0 Å². The molecular weight excluding hydrogens is 254 g/mol. The van der Waals surface area contributed by atoms with Gasteiger partial charge in [-0.3, -0.25) is 9.59 Å². The summed E-state index contributed by atoms with van der Waals surface area (Å²) in [5.41, 5.74) is 7.93. The van der Waals surface area contributed by atoms with Gasteiger partial charge in [0.1, 0.15) is 0 Å². The average molecular weight is 275 g/mol. The molecule has 0 atom stereocenters. The average Bonchev–Trinajstić information content (AvgIpc) is 2.39. The highest BCUT2D eigenvalue weighted by molar-refractivity contribution is 6.00. The number of ketones is 1. The first kappa shape index (κ1) is 14.4. The van der Waals surface area contributed by atoms with Gasteiger partial charge in [-0.25, -0.2) is 0 Å². The van der Waals surface area contributed by atoms with Crippen molar-refractivity contribution in [1.29, 1.82) is 0 Å². The van der Waals surface area contributed by atoms with Crippen LogP contribution in [-0.2, 0) is 4.79 Å². The first-order valence-corrected chi connectivity index (χ1v) is 6.90. The standard InChI is InChI=1S/C15H21N3O2/c1-10(19)14-9-13(3-4-15(14)16)18-7-5-12(6-8-18)17-11(2)20/h3-4,9,12H,5-8,16H2,1-2H3,(H,17,20). The molecule has 0 spiro atoms. The fourth-order valence-corrected chi connectivity index (χ4v) is 2.62. The lowest BCUT2D eigenvalue weighted by molar-refractivity contribution is -0.119. The SMILES string of the molecule is CC(=O)NC1CCN(c2ccc(N)c(C(C)=O)c2)CC1. The van der Waals surface area contributed by atoms with Gasteiger partial charge in [-0.1, -0.05) is 0 Å². The number of benzene rings is 1. The fourth-order valence-electron chi connectivity index (χ4n) is 2.62. The number of hydrogen-bond acceptors (Lipinski definition) is 4. The van der Waals surface area contributed by atoms with E-state index in [0.29, 0.717) is 11.3 Å². The number of Topliss-reactive ketones (excluding diaryl/α,β-unsaturated/α-hetero) is 1. The van der Waals surface area contributed by atoms with Gasteiger partial charge >= 0.3 is 0 Å². The Kier molecular flexibility index (Phi) is 4.27. The predicted molar refractivity (Wildman–Crippen MR) is 79.9 cm³/mol. The number of rotatable bonds is 3. The predicted octanol–water partition coefficient (Wildman–Crippen LogP) is 1.58. The van der Waals surface area contributed by atoms with Crippen LogP contribution >= 0.6 is 0 Å². The Morgan fingerprint density at radius 3 is 2.45 bits per heavy atom. The van der Waals surface area contributed by atoms with Crippen LogP contribution in [0.5, 0.6) is 0 Å². The molecule has 0 bridgehead atoms. The Balaban J connectivity index is 2.05. The quantitative estimate of drug-likeness (QED) is 0.648. The molecule has 0 radical (unpaired) electrons. The van der Waals surface area contributed by atoms with Crippen molar-refractivity contribution in [1.82, 2.24) is 5.32 Å². The van der Waals surface area contributed by atoms with Gasteiger partial charge in [-0.15, -0.1) is 0 Å². The molecule has 1 saturated heterocycles. The Morgan fingerprint density at radius 2 is 1.90 bits per heavy atom. The van der Waals surface area contributed by atoms with Crippen molar-refractivity contribution in [2.75, 3.05) is 23.7 Å². The summed E-state index contributed by atoms with van der Waals surface area (Å²) in [6, 6.07) is 5.84. The summed E-state index contributed by atoms with van der Waals surface area (Å²) in [6.07, 6.45) is 1.83.